The van der Waals surface area contributed by atoms with Crippen molar-refractivity contribution in [2.24, 2.45) is 0 Å². The van der Waals surface area contributed by atoms with E-state index in [0.29, 0.717) is 22.0 Å². The zero-order valence-corrected chi connectivity index (χ0v) is 17.7. The van der Waals surface area contributed by atoms with Crippen LogP contribution >= 0.6 is 11.6 Å². The minimum absolute atomic E-state index is 0.0696. The number of nitrogens with zero attached hydrogens (tertiary/aromatic N) is 1. The van der Waals surface area contributed by atoms with E-state index < -0.39 is 0 Å². The molecule has 0 saturated carbocycles. The Balaban J connectivity index is 1.74. The van der Waals surface area contributed by atoms with Crippen LogP contribution in [0.15, 0.2) is 36.4 Å². The highest BCUT2D eigenvalue weighted by atomic mass is 35.5. The number of carbonyl (C=O) groups is 2. The van der Waals surface area contributed by atoms with Crippen molar-refractivity contribution in [1.82, 2.24) is 5.32 Å². The lowest BCUT2D eigenvalue weighted by Gasteiger charge is -2.32. The molecule has 0 fully saturated rings. The van der Waals surface area contributed by atoms with E-state index in [9.17, 15) is 9.59 Å². The summed E-state index contributed by atoms with van der Waals surface area (Å²) in [6, 6.07) is 10.9. The molecule has 0 radical (unpaired) electrons. The number of hydrogen-bond donors (Lipinski definition) is 2. The fourth-order valence-electron chi connectivity index (χ4n) is 3.54. The maximum absolute atomic E-state index is 12.6. The summed E-state index contributed by atoms with van der Waals surface area (Å²) in [5.74, 6) is 0.342. The highest BCUT2D eigenvalue weighted by Gasteiger charge is 2.24. The predicted octanol–water partition coefficient (Wildman–Crippen LogP) is 3.88. The molecule has 0 unspecified atom stereocenters. The number of methoxy groups -OCH3 is 1. The van der Waals surface area contributed by atoms with Gasteiger partial charge in [-0.25, -0.2) is 0 Å². The van der Waals surface area contributed by atoms with E-state index in [1.165, 1.54) is 0 Å². The van der Waals surface area contributed by atoms with Crippen LogP contribution < -0.4 is 20.3 Å². The lowest BCUT2D eigenvalue weighted by molar-refractivity contribution is -0.115. The molecule has 2 amide bonds. The fourth-order valence-corrected chi connectivity index (χ4v) is 3.79. The highest BCUT2D eigenvalue weighted by molar-refractivity contribution is 6.32. The molecule has 0 atom stereocenters. The Morgan fingerprint density at radius 3 is 2.72 bits per heavy atom. The summed E-state index contributed by atoms with van der Waals surface area (Å²) < 4.78 is 5.13. The lowest BCUT2D eigenvalue weighted by Crippen LogP contribution is -2.38. The van der Waals surface area contributed by atoms with Gasteiger partial charge in [-0.15, -0.1) is 0 Å². The summed E-state index contributed by atoms with van der Waals surface area (Å²) >= 11 is 6.13. The Morgan fingerprint density at radius 2 is 2.03 bits per heavy atom. The van der Waals surface area contributed by atoms with Gasteiger partial charge < -0.3 is 20.3 Å². The van der Waals surface area contributed by atoms with Gasteiger partial charge in [-0.2, -0.15) is 0 Å². The standard InChI is InChI=1S/C22H26ClN3O3/c1-14(2)24-22(28)17-6-4-8-19-16(17)7-5-11-26(19)13-21(27)25-15-9-10-20(29-3)18(23)12-15/h4,6,8-10,12,14H,5,7,11,13H2,1-3H3,(H,24,28)(H,25,27). The molecule has 0 aromatic heterocycles. The summed E-state index contributed by atoms with van der Waals surface area (Å²) in [7, 11) is 1.54. The van der Waals surface area contributed by atoms with E-state index in [4.69, 9.17) is 16.3 Å². The summed E-state index contributed by atoms with van der Waals surface area (Å²) in [4.78, 5) is 27.2. The van der Waals surface area contributed by atoms with Crippen LogP contribution in [0.4, 0.5) is 11.4 Å². The molecule has 1 aliphatic heterocycles. The average molecular weight is 416 g/mol. The van der Waals surface area contributed by atoms with Gasteiger partial charge in [0.05, 0.1) is 18.7 Å². The third kappa shape index (κ3) is 5.01. The van der Waals surface area contributed by atoms with Crippen molar-refractivity contribution in [3.8, 4) is 5.75 Å². The molecule has 0 bridgehead atoms. The number of amides is 2. The van der Waals surface area contributed by atoms with E-state index in [1.54, 1.807) is 25.3 Å². The smallest absolute Gasteiger partial charge is 0.251 e. The SMILES string of the molecule is COc1ccc(NC(=O)CN2CCCc3c(C(=O)NC(C)C)cccc32)cc1Cl. The van der Waals surface area contributed by atoms with Gasteiger partial charge in [-0.05, 0) is 62.6 Å². The van der Waals surface area contributed by atoms with Crippen LogP contribution in [-0.2, 0) is 11.2 Å². The number of nitrogens with one attached hydrogen (secondary N) is 2. The predicted molar refractivity (Wildman–Crippen MR) is 116 cm³/mol. The molecule has 1 heterocycles. The molecule has 2 aromatic rings. The highest BCUT2D eigenvalue weighted by Crippen LogP contribution is 2.30. The number of carbonyl (C=O) groups excluding carboxylic acids is 2. The molecule has 6 nitrogen and oxygen atoms in total. The molecule has 29 heavy (non-hydrogen) atoms. The minimum atomic E-state index is -0.142. The molecule has 0 aliphatic carbocycles. The largest absolute Gasteiger partial charge is 0.495 e. The quantitative estimate of drug-likeness (QED) is 0.751. The van der Waals surface area contributed by atoms with E-state index in [-0.39, 0.29) is 24.4 Å². The van der Waals surface area contributed by atoms with Crippen LogP contribution in [-0.4, -0.2) is 38.1 Å². The van der Waals surface area contributed by atoms with Gasteiger partial charge in [-0.3, -0.25) is 9.59 Å². The Kier molecular flexibility index (Phi) is 6.64. The topological polar surface area (TPSA) is 70.7 Å². The monoisotopic (exact) mass is 415 g/mol. The molecule has 154 valence electrons. The van der Waals surface area contributed by atoms with Crippen LogP contribution in [0.5, 0.6) is 5.75 Å². The molecular weight excluding hydrogens is 390 g/mol. The van der Waals surface area contributed by atoms with Crippen molar-refractivity contribution < 1.29 is 14.3 Å². The number of ether oxygens (including phenoxy) is 1. The lowest BCUT2D eigenvalue weighted by atomic mass is 9.95. The Morgan fingerprint density at radius 1 is 1.24 bits per heavy atom. The molecule has 0 saturated heterocycles. The first-order valence-electron chi connectivity index (χ1n) is 9.70. The van der Waals surface area contributed by atoms with Crippen molar-refractivity contribution in [2.45, 2.75) is 32.7 Å². The van der Waals surface area contributed by atoms with Gasteiger partial charge in [0.25, 0.3) is 5.91 Å². The van der Waals surface area contributed by atoms with Crippen molar-refractivity contribution in [3.05, 3.63) is 52.5 Å². The first-order chi connectivity index (χ1) is 13.9. The molecule has 2 aromatic carbocycles. The van der Waals surface area contributed by atoms with Gasteiger partial charge in [0.15, 0.2) is 0 Å². The summed E-state index contributed by atoms with van der Waals surface area (Å²) in [6.45, 7) is 4.84. The van der Waals surface area contributed by atoms with Crippen molar-refractivity contribution in [3.63, 3.8) is 0 Å². The van der Waals surface area contributed by atoms with Crippen molar-refractivity contribution >= 4 is 34.8 Å². The second kappa shape index (κ2) is 9.18. The van der Waals surface area contributed by atoms with Crippen LogP contribution in [0.3, 0.4) is 0 Å². The summed E-state index contributed by atoms with van der Waals surface area (Å²) in [5, 5.41) is 6.27. The van der Waals surface area contributed by atoms with E-state index in [1.807, 2.05) is 36.9 Å². The van der Waals surface area contributed by atoms with Gasteiger partial charge >= 0.3 is 0 Å². The summed E-state index contributed by atoms with van der Waals surface area (Å²) in [5.41, 5.74) is 3.24. The van der Waals surface area contributed by atoms with Crippen molar-refractivity contribution in [2.75, 3.05) is 30.4 Å². The molecule has 1 aliphatic rings. The third-order valence-corrected chi connectivity index (χ3v) is 5.08. The minimum Gasteiger partial charge on any atom is -0.495 e. The Bertz CT molecular complexity index is 914. The number of fused-ring (bicyclic) bond motifs is 1. The normalized spacial score (nSPS) is 13.1. The molecule has 2 N–H and O–H groups in total. The maximum Gasteiger partial charge on any atom is 0.251 e. The summed E-state index contributed by atoms with van der Waals surface area (Å²) in [6.07, 6.45) is 1.71. The number of halogens is 1. The first kappa shape index (κ1) is 21.0. The fraction of sp³-hybridized carbons (Fsp3) is 0.364. The number of rotatable bonds is 6. The van der Waals surface area contributed by atoms with Gasteiger partial charge in [0.1, 0.15) is 5.75 Å². The number of anilines is 2. The first-order valence-corrected chi connectivity index (χ1v) is 10.1. The molecule has 7 heteroatoms. The van der Waals surface area contributed by atoms with Gasteiger partial charge in [-0.1, -0.05) is 17.7 Å². The molecular formula is C22H26ClN3O3. The zero-order valence-electron chi connectivity index (χ0n) is 16.9. The van der Waals surface area contributed by atoms with E-state index in [2.05, 4.69) is 10.6 Å². The second-order valence-electron chi connectivity index (χ2n) is 7.35. The van der Waals surface area contributed by atoms with Gasteiger partial charge in [0, 0.05) is 29.5 Å². The van der Waals surface area contributed by atoms with Gasteiger partial charge in [0.2, 0.25) is 5.91 Å². The zero-order chi connectivity index (χ0) is 21.0. The van der Waals surface area contributed by atoms with E-state index >= 15 is 0 Å². The van der Waals surface area contributed by atoms with Crippen LogP contribution in [0, 0.1) is 0 Å². The number of benzene rings is 2. The Labute approximate surface area is 176 Å². The molecule has 3 rings (SSSR count). The average Bonchev–Trinajstić information content (AvgIpc) is 2.67. The van der Waals surface area contributed by atoms with Crippen LogP contribution in [0.25, 0.3) is 0 Å². The second-order valence-corrected chi connectivity index (χ2v) is 7.76. The Hall–Kier alpha value is -2.73. The van der Waals surface area contributed by atoms with Crippen molar-refractivity contribution in [1.29, 1.82) is 0 Å². The number of hydrogen-bond acceptors (Lipinski definition) is 4. The third-order valence-electron chi connectivity index (χ3n) is 4.78. The maximum atomic E-state index is 12.6. The van der Waals surface area contributed by atoms with Crippen LogP contribution in [0.2, 0.25) is 5.02 Å². The molecule has 0 spiro atoms. The van der Waals surface area contributed by atoms with E-state index in [0.717, 1.165) is 30.6 Å². The van der Waals surface area contributed by atoms with Crippen LogP contribution in [0.1, 0.15) is 36.2 Å².